The van der Waals surface area contributed by atoms with Crippen LogP contribution in [0.25, 0.3) is 0 Å². The molecule has 7 heteroatoms. The summed E-state index contributed by atoms with van der Waals surface area (Å²) in [6, 6.07) is 2.92. The van der Waals surface area contributed by atoms with Gasteiger partial charge in [0.25, 0.3) is 0 Å². The second-order valence-corrected chi connectivity index (χ2v) is 6.91. The molecule has 0 amide bonds. The molecule has 0 aliphatic heterocycles. The number of thioether (sulfide) groups is 1. The van der Waals surface area contributed by atoms with Crippen molar-refractivity contribution < 1.29 is 8.42 Å². The van der Waals surface area contributed by atoms with E-state index in [4.69, 9.17) is 11.6 Å². The summed E-state index contributed by atoms with van der Waals surface area (Å²) in [6.07, 6.45) is 6.32. The third-order valence-electron chi connectivity index (χ3n) is 2.33. The number of pyridine rings is 1. The molecule has 0 fully saturated rings. The molecule has 4 nitrogen and oxygen atoms in total. The summed E-state index contributed by atoms with van der Waals surface area (Å²) in [4.78, 5) is 3.91. The van der Waals surface area contributed by atoms with E-state index in [9.17, 15) is 8.42 Å². The monoisotopic (exact) mass is 308 g/mol. The molecule has 1 heterocycles. The van der Waals surface area contributed by atoms with Gasteiger partial charge in [-0.1, -0.05) is 18.0 Å². The fraction of sp³-hybridized carbons (Fsp3) is 0.545. The lowest BCUT2D eigenvalue weighted by atomic mass is 10.2. The van der Waals surface area contributed by atoms with Crippen LogP contribution in [0.1, 0.15) is 19.3 Å². The molecule has 18 heavy (non-hydrogen) atoms. The van der Waals surface area contributed by atoms with Crippen LogP contribution >= 0.6 is 23.4 Å². The van der Waals surface area contributed by atoms with Gasteiger partial charge in [-0.3, -0.25) is 0 Å². The first-order valence-electron chi connectivity index (χ1n) is 5.66. The molecule has 0 aromatic carbocycles. The standard InChI is InChI=1S/C11H17ClN2O2S2/c1-17-8-4-2-3-7-14-18(15,16)10-5-6-11(12)13-9-10/h5-6,9,14H,2-4,7-8H2,1H3. The van der Waals surface area contributed by atoms with Crippen molar-refractivity contribution in [2.75, 3.05) is 18.6 Å². The minimum absolute atomic E-state index is 0.149. The summed E-state index contributed by atoms with van der Waals surface area (Å²) in [5.74, 6) is 1.12. The molecule has 0 spiro atoms. The van der Waals surface area contributed by atoms with Gasteiger partial charge in [-0.15, -0.1) is 0 Å². The molecule has 0 atom stereocenters. The van der Waals surface area contributed by atoms with Gasteiger partial charge >= 0.3 is 0 Å². The van der Waals surface area contributed by atoms with E-state index in [1.54, 1.807) is 11.8 Å². The van der Waals surface area contributed by atoms with Gasteiger partial charge in [-0.05, 0) is 37.0 Å². The number of nitrogens with zero attached hydrogens (tertiary/aromatic N) is 1. The first kappa shape index (κ1) is 15.8. The van der Waals surface area contributed by atoms with E-state index in [2.05, 4.69) is 16.0 Å². The summed E-state index contributed by atoms with van der Waals surface area (Å²) in [6.45, 7) is 0.458. The van der Waals surface area contributed by atoms with Crippen molar-refractivity contribution in [1.82, 2.24) is 9.71 Å². The van der Waals surface area contributed by atoms with E-state index in [1.165, 1.54) is 18.3 Å². The van der Waals surface area contributed by atoms with Crippen LogP contribution in [-0.2, 0) is 10.0 Å². The lowest BCUT2D eigenvalue weighted by Crippen LogP contribution is -2.24. The van der Waals surface area contributed by atoms with Crippen molar-refractivity contribution in [2.24, 2.45) is 0 Å². The summed E-state index contributed by atoms with van der Waals surface area (Å²) in [5, 5.41) is 0.283. The molecule has 1 aromatic rings. The molecular weight excluding hydrogens is 292 g/mol. The van der Waals surface area contributed by atoms with E-state index in [1.807, 2.05) is 0 Å². The Balaban J connectivity index is 2.38. The van der Waals surface area contributed by atoms with Crippen molar-refractivity contribution in [2.45, 2.75) is 24.2 Å². The van der Waals surface area contributed by atoms with Crippen LogP contribution in [0, 0.1) is 0 Å². The maximum absolute atomic E-state index is 11.8. The minimum atomic E-state index is -3.45. The minimum Gasteiger partial charge on any atom is -0.243 e. The summed E-state index contributed by atoms with van der Waals surface area (Å²) in [5.41, 5.74) is 0. The van der Waals surface area contributed by atoms with Crippen LogP contribution in [-0.4, -0.2) is 32.0 Å². The molecule has 0 saturated carbocycles. The normalized spacial score (nSPS) is 11.7. The van der Waals surface area contributed by atoms with Gasteiger partial charge in [0, 0.05) is 12.7 Å². The average molecular weight is 309 g/mol. The number of unbranched alkanes of at least 4 members (excludes halogenated alkanes) is 2. The highest BCUT2D eigenvalue weighted by Crippen LogP contribution is 2.10. The van der Waals surface area contributed by atoms with Gasteiger partial charge in [0.2, 0.25) is 10.0 Å². The number of rotatable bonds is 8. The van der Waals surface area contributed by atoms with E-state index < -0.39 is 10.0 Å². The number of aromatic nitrogens is 1. The van der Waals surface area contributed by atoms with Gasteiger partial charge in [-0.25, -0.2) is 18.1 Å². The Bertz CT molecular complexity index is 449. The average Bonchev–Trinajstić information content (AvgIpc) is 2.34. The zero-order valence-electron chi connectivity index (χ0n) is 10.2. The van der Waals surface area contributed by atoms with Crippen molar-refractivity contribution in [3.05, 3.63) is 23.5 Å². The third-order valence-corrected chi connectivity index (χ3v) is 4.69. The van der Waals surface area contributed by atoms with Gasteiger partial charge in [0.05, 0.1) is 0 Å². The Morgan fingerprint density at radius 2 is 2.11 bits per heavy atom. The van der Waals surface area contributed by atoms with Gasteiger partial charge < -0.3 is 0 Å². The number of nitrogens with one attached hydrogen (secondary N) is 1. The fourth-order valence-corrected chi connectivity index (χ4v) is 2.98. The Morgan fingerprint density at radius 3 is 2.72 bits per heavy atom. The molecule has 0 aliphatic carbocycles. The lowest BCUT2D eigenvalue weighted by Gasteiger charge is -2.06. The molecule has 0 saturated heterocycles. The quantitative estimate of drug-likeness (QED) is 0.592. The second kappa shape index (κ2) is 7.99. The Labute approximate surface area is 118 Å². The van der Waals surface area contributed by atoms with Crippen molar-refractivity contribution in [3.8, 4) is 0 Å². The summed E-state index contributed by atoms with van der Waals surface area (Å²) >= 11 is 7.41. The first-order valence-corrected chi connectivity index (χ1v) is 8.92. The number of hydrogen-bond donors (Lipinski definition) is 1. The SMILES string of the molecule is CSCCCCCNS(=O)(=O)c1ccc(Cl)nc1. The van der Waals surface area contributed by atoms with Gasteiger partial charge in [0.15, 0.2) is 0 Å². The molecule has 1 aromatic heterocycles. The molecule has 0 bridgehead atoms. The van der Waals surface area contributed by atoms with Crippen molar-refractivity contribution in [3.63, 3.8) is 0 Å². The van der Waals surface area contributed by atoms with E-state index in [0.29, 0.717) is 6.54 Å². The highest BCUT2D eigenvalue weighted by molar-refractivity contribution is 7.98. The van der Waals surface area contributed by atoms with Crippen LogP contribution < -0.4 is 4.72 Å². The van der Waals surface area contributed by atoms with Crippen molar-refractivity contribution in [1.29, 1.82) is 0 Å². The number of sulfonamides is 1. The van der Waals surface area contributed by atoms with Crippen LogP contribution in [0.5, 0.6) is 0 Å². The molecule has 1 N–H and O–H groups in total. The molecule has 0 unspecified atom stereocenters. The van der Waals surface area contributed by atoms with Gasteiger partial charge in [-0.2, -0.15) is 11.8 Å². The molecule has 102 valence electrons. The van der Waals surface area contributed by atoms with Crippen LogP contribution in [0.2, 0.25) is 5.15 Å². The van der Waals surface area contributed by atoms with E-state index in [-0.39, 0.29) is 10.0 Å². The molecule has 0 aliphatic rings. The Morgan fingerprint density at radius 1 is 1.33 bits per heavy atom. The highest BCUT2D eigenvalue weighted by atomic mass is 35.5. The van der Waals surface area contributed by atoms with Crippen LogP contribution in [0.15, 0.2) is 23.2 Å². The zero-order valence-corrected chi connectivity index (χ0v) is 12.6. The second-order valence-electron chi connectivity index (χ2n) is 3.77. The lowest BCUT2D eigenvalue weighted by molar-refractivity contribution is 0.576. The number of halogens is 1. The van der Waals surface area contributed by atoms with Gasteiger partial charge in [0.1, 0.15) is 10.0 Å². The van der Waals surface area contributed by atoms with Crippen LogP contribution in [0.3, 0.4) is 0 Å². The Kier molecular flexibility index (Phi) is 6.99. The fourth-order valence-electron chi connectivity index (χ4n) is 1.36. The zero-order chi connectivity index (χ0) is 13.4. The smallest absolute Gasteiger partial charge is 0.242 e. The van der Waals surface area contributed by atoms with E-state index >= 15 is 0 Å². The third kappa shape index (κ3) is 5.56. The maximum Gasteiger partial charge on any atom is 0.242 e. The topological polar surface area (TPSA) is 59.1 Å². The van der Waals surface area contributed by atoms with Crippen molar-refractivity contribution >= 4 is 33.4 Å². The Hall–Kier alpha value is -0.300. The molecule has 0 radical (unpaired) electrons. The molecule has 1 rings (SSSR count). The predicted molar refractivity (Wildman–Crippen MR) is 76.7 cm³/mol. The van der Waals surface area contributed by atoms with E-state index in [0.717, 1.165) is 25.0 Å². The summed E-state index contributed by atoms with van der Waals surface area (Å²) < 4.78 is 26.2. The molecular formula is C11H17ClN2O2S2. The number of hydrogen-bond acceptors (Lipinski definition) is 4. The maximum atomic E-state index is 11.8. The predicted octanol–water partition coefficient (Wildman–Crippen LogP) is 2.55. The van der Waals surface area contributed by atoms with Crippen LogP contribution in [0.4, 0.5) is 0 Å². The summed E-state index contributed by atoms with van der Waals surface area (Å²) in [7, 11) is -3.45. The highest BCUT2D eigenvalue weighted by Gasteiger charge is 2.13. The first-order chi connectivity index (χ1) is 8.56. The largest absolute Gasteiger partial charge is 0.243 e.